The highest BCUT2D eigenvalue weighted by Gasteiger charge is 2.44. The van der Waals surface area contributed by atoms with E-state index in [9.17, 15) is 14.4 Å². The third kappa shape index (κ3) is 3.73. The van der Waals surface area contributed by atoms with Crippen molar-refractivity contribution in [1.82, 2.24) is 15.1 Å². The van der Waals surface area contributed by atoms with Crippen LogP contribution in [0.2, 0.25) is 0 Å². The van der Waals surface area contributed by atoms with E-state index in [0.29, 0.717) is 0 Å². The van der Waals surface area contributed by atoms with E-state index in [0.717, 1.165) is 33.7 Å². The molecule has 2 fully saturated rings. The van der Waals surface area contributed by atoms with Crippen molar-refractivity contribution in [2.24, 2.45) is 0 Å². The van der Waals surface area contributed by atoms with Gasteiger partial charge in [0.25, 0.3) is 5.91 Å². The van der Waals surface area contributed by atoms with Crippen LogP contribution >= 0.6 is 11.3 Å². The van der Waals surface area contributed by atoms with E-state index in [4.69, 9.17) is 0 Å². The van der Waals surface area contributed by atoms with Crippen LogP contribution in [0.5, 0.6) is 0 Å². The molecule has 1 saturated carbocycles. The highest BCUT2D eigenvalue weighted by molar-refractivity contribution is 7.10. The number of nitrogens with zero attached hydrogens (tertiary/aromatic N) is 2. The number of carbonyl (C=O) groups is 3. The molecular weight excluding hydrogens is 362 g/mol. The number of benzene rings is 1. The molecule has 0 spiro atoms. The lowest BCUT2D eigenvalue weighted by atomic mass is 10.0. The van der Waals surface area contributed by atoms with Crippen molar-refractivity contribution in [3.05, 3.63) is 57.8 Å². The predicted octanol–water partition coefficient (Wildman–Crippen LogP) is 2.69. The Labute approximate surface area is 161 Å². The smallest absolute Gasteiger partial charge is 0.327 e. The van der Waals surface area contributed by atoms with Crippen LogP contribution in [0, 0.1) is 6.92 Å². The zero-order valence-corrected chi connectivity index (χ0v) is 15.9. The quantitative estimate of drug-likeness (QED) is 0.780. The Morgan fingerprint density at radius 1 is 1.22 bits per heavy atom. The monoisotopic (exact) mass is 383 g/mol. The molecule has 4 rings (SSSR count). The van der Waals surface area contributed by atoms with Gasteiger partial charge in [-0.15, -0.1) is 11.3 Å². The minimum atomic E-state index is -0.347. The second-order valence-electron chi connectivity index (χ2n) is 7.05. The van der Waals surface area contributed by atoms with Crippen LogP contribution in [0.25, 0.3) is 0 Å². The van der Waals surface area contributed by atoms with Gasteiger partial charge in [0.15, 0.2) is 0 Å². The largest absolute Gasteiger partial charge is 0.343 e. The fourth-order valence-corrected chi connectivity index (χ4v) is 4.07. The zero-order chi connectivity index (χ0) is 19.0. The Morgan fingerprint density at radius 2 is 1.96 bits per heavy atom. The van der Waals surface area contributed by atoms with E-state index in [2.05, 4.69) is 5.32 Å². The Morgan fingerprint density at radius 3 is 2.59 bits per heavy atom. The molecule has 6 nitrogen and oxygen atoms in total. The van der Waals surface area contributed by atoms with Crippen molar-refractivity contribution in [2.45, 2.75) is 31.8 Å². The number of hydrogen-bond donors (Lipinski definition) is 1. The summed E-state index contributed by atoms with van der Waals surface area (Å²) in [6.07, 6.45) is 1.87. The van der Waals surface area contributed by atoms with E-state index in [-0.39, 0.29) is 43.0 Å². The average Bonchev–Trinajstić information content (AvgIpc) is 3.28. The summed E-state index contributed by atoms with van der Waals surface area (Å²) < 4.78 is 0. The maximum atomic E-state index is 12.7. The van der Waals surface area contributed by atoms with E-state index in [1.165, 1.54) is 0 Å². The summed E-state index contributed by atoms with van der Waals surface area (Å²) in [6.45, 7) is 1.86. The molecule has 2 heterocycles. The summed E-state index contributed by atoms with van der Waals surface area (Å²) in [4.78, 5) is 40.9. The van der Waals surface area contributed by atoms with Crippen LogP contribution in [-0.4, -0.2) is 46.8 Å². The topological polar surface area (TPSA) is 69.7 Å². The Bertz CT molecular complexity index is 859. The SMILES string of the molecule is Cc1ccc(C(NC(=O)CN2C(=O)CN(C3CC3)C2=O)c2cccs2)cc1. The van der Waals surface area contributed by atoms with Crippen molar-refractivity contribution in [2.75, 3.05) is 13.1 Å². The normalized spacial score (nSPS) is 18.1. The summed E-state index contributed by atoms with van der Waals surface area (Å²) in [5.41, 5.74) is 2.11. The molecule has 1 unspecified atom stereocenters. The van der Waals surface area contributed by atoms with Gasteiger partial charge in [-0.3, -0.25) is 14.5 Å². The predicted molar refractivity (Wildman–Crippen MR) is 102 cm³/mol. The first kappa shape index (κ1) is 17.7. The molecule has 4 amide bonds. The second-order valence-corrected chi connectivity index (χ2v) is 8.03. The van der Waals surface area contributed by atoms with Gasteiger partial charge in [-0.1, -0.05) is 35.9 Å². The third-order valence-corrected chi connectivity index (χ3v) is 5.85. The minimum absolute atomic E-state index is 0.0864. The van der Waals surface area contributed by atoms with Gasteiger partial charge in [0.05, 0.1) is 6.04 Å². The molecule has 0 bridgehead atoms. The van der Waals surface area contributed by atoms with E-state index in [1.54, 1.807) is 16.2 Å². The van der Waals surface area contributed by atoms with Gasteiger partial charge in [-0.2, -0.15) is 0 Å². The van der Waals surface area contributed by atoms with Gasteiger partial charge < -0.3 is 10.2 Å². The van der Waals surface area contributed by atoms with Gasteiger partial charge in [0.2, 0.25) is 5.91 Å². The first-order valence-corrected chi connectivity index (χ1v) is 9.91. The molecule has 1 saturated heterocycles. The molecule has 2 aromatic rings. The van der Waals surface area contributed by atoms with Crippen LogP contribution in [0.1, 0.15) is 34.9 Å². The molecule has 0 radical (unpaired) electrons. The minimum Gasteiger partial charge on any atom is -0.343 e. The number of hydrogen-bond acceptors (Lipinski definition) is 4. The number of amides is 4. The van der Waals surface area contributed by atoms with Crippen LogP contribution < -0.4 is 5.32 Å². The molecule has 1 aromatic carbocycles. The Kier molecular flexibility index (Phi) is 4.70. The average molecular weight is 383 g/mol. The molecule has 27 heavy (non-hydrogen) atoms. The lowest BCUT2D eigenvalue weighted by Gasteiger charge is -2.21. The van der Waals surface area contributed by atoms with E-state index >= 15 is 0 Å². The molecule has 1 N–H and O–H groups in total. The first-order chi connectivity index (χ1) is 13.0. The van der Waals surface area contributed by atoms with Gasteiger partial charge in [0.1, 0.15) is 13.1 Å². The van der Waals surface area contributed by atoms with Crippen LogP contribution in [-0.2, 0) is 9.59 Å². The lowest BCUT2D eigenvalue weighted by molar-refractivity contribution is -0.131. The van der Waals surface area contributed by atoms with Crippen LogP contribution in [0.15, 0.2) is 41.8 Å². The number of aryl methyl sites for hydroxylation is 1. The van der Waals surface area contributed by atoms with Crippen molar-refractivity contribution in [1.29, 1.82) is 0 Å². The Balaban J connectivity index is 1.48. The Hall–Kier alpha value is -2.67. The summed E-state index contributed by atoms with van der Waals surface area (Å²) in [6, 6.07) is 11.4. The van der Waals surface area contributed by atoms with Gasteiger partial charge >= 0.3 is 6.03 Å². The maximum absolute atomic E-state index is 12.7. The summed E-state index contributed by atoms with van der Waals surface area (Å²) >= 11 is 1.56. The summed E-state index contributed by atoms with van der Waals surface area (Å²) in [5, 5.41) is 4.95. The lowest BCUT2D eigenvalue weighted by Crippen LogP contribution is -2.42. The highest BCUT2D eigenvalue weighted by Crippen LogP contribution is 2.30. The summed E-state index contributed by atoms with van der Waals surface area (Å²) in [5.74, 6) is -0.640. The van der Waals surface area contributed by atoms with Gasteiger partial charge in [-0.05, 0) is 36.8 Å². The molecule has 140 valence electrons. The first-order valence-electron chi connectivity index (χ1n) is 9.03. The fraction of sp³-hybridized carbons (Fsp3) is 0.350. The van der Waals surface area contributed by atoms with E-state index in [1.807, 2.05) is 48.7 Å². The zero-order valence-electron chi connectivity index (χ0n) is 15.1. The van der Waals surface area contributed by atoms with Crippen molar-refractivity contribution in [3.63, 3.8) is 0 Å². The molecule has 2 aliphatic rings. The van der Waals surface area contributed by atoms with E-state index < -0.39 is 0 Å². The van der Waals surface area contributed by atoms with Crippen molar-refractivity contribution < 1.29 is 14.4 Å². The number of rotatable bonds is 6. The summed E-state index contributed by atoms with van der Waals surface area (Å²) in [7, 11) is 0. The van der Waals surface area contributed by atoms with Crippen LogP contribution in [0.3, 0.4) is 0 Å². The maximum Gasteiger partial charge on any atom is 0.327 e. The fourth-order valence-electron chi connectivity index (χ4n) is 3.27. The second kappa shape index (κ2) is 7.15. The molecule has 1 aromatic heterocycles. The highest BCUT2D eigenvalue weighted by atomic mass is 32.1. The molecule has 1 atom stereocenters. The van der Waals surface area contributed by atoms with Crippen molar-refractivity contribution >= 4 is 29.2 Å². The molecular formula is C20H21N3O3S. The molecule has 7 heteroatoms. The van der Waals surface area contributed by atoms with Gasteiger partial charge in [-0.25, -0.2) is 4.79 Å². The number of thiophene rings is 1. The van der Waals surface area contributed by atoms with Gasteiger partial charge in [0, 0.05) is 10.9 Å². The number of imide groups is 1. The molecule has 1 aliphatic heterocycles. The third-order valence-electron chi connectivity index (χ3n) is 4.92. The number of carbonyl (C=O) groups excluding carboxylic acids is 3. The molecule has 1 aliphatic carbocycles. The standard InChI is InChI=1S/C20H21N3O3S/c1-13-4-6-14(7-5-13)19(16-3-2-10-27-16)21-17(24)11-23-18(25)12-22(20(23)26)15-8-9-15/h2-7,10,15,19H,8-9,11-12H2,1H3,(H,21,24). The number of urea groups is 1. The van der Waals surface area contributed by atoms with Crippen LogP contribution in [0.4, 0.5) is 4.79 Å². The number of nitrogens with one attached hydrogen (secondary N) is 1. The van der Waals surface area contributed by atoms with Crippen molar-refractivity contribution in [3.8, 4) is 0 Å².